The lowest BCUT2D eigenvalue weighted by molar-refractivity contribution is 0.102. The SMILES string of the molecule is Cc1noc2nc(-c3ccc(F)cc3)cc(C(=O)Nc3cc4c(cc3Cl)OCCCO4)c12. The molecule has 3 heterocycles. The fraction of sp³-hybridized carbons (Fsp3) is 0.174. The van der Waals surface area contributed by atoms with Crippen molar-refractivity contribution >= 4 is 34.3 Å². The molecular weight excluding hydrogens is 437 g/mol. The van der Waals surface area contributed by atoms with E-state index in [4.69, 9.17) is 25.6 Å². The van der Waals surface area contributed by atoms with Crippen LogP contribution in [0.4, 0.5) is 10.1 Å². The summed E-state index contributed by atoms with van der Waals surface area (Å²) in [5.41, 5.74) is 2.49. The highest BCUT2D eigenvalue weighted by Gasteiger charge is 2.21. The number of fused-ring (bicyclic) bond motifs is 2. The molecule has 162 valence electrons. The van der Waals surface area contributed by atoms with Crippen molar-refractivity contribution in [1.82, 2.24) is 10.1 Å². The molecule has 0 atom stereocenters. The van der Waals surface area contributed by atoms with E-state index in [9.17, 15) is 9.18 Å². The molecule has 9 heteroatoms. The van der Waals surface area contributed by atoms with Crippen LogP contribution in [0, 0.1) is 12.7 Å². The highest BCUT2D eigenvalue weighted by atomic mass is 35.5. The van der Waals surface area contributed by atoms with Crippen molar-refractivity contribution in [2.75, 3.05) is 18.5 Å². The average Bonchev–Trinajstić information content (AvgIpc) is 3.01. The summed E-state index contributed by atoms with van der Waals surface area (Å²) in [5.74, 6) is 0.247. The third-order valence-electron chi connectivity index (χ3n) is 5.09. The van der Waals surface area contributed by atoms with Crippen LogP contribution in [0.3, 0.4) is 0 Å². The van der Waals surface area contributed by atoms with Gasteiger partial charge in [0.25, 0.3) is 11.6 Å². The van der Waals surface area contributed by atoms with E-state index in [1.54, 1.807) is 37.3 Å². The molecule has 5 rings (SSSR count). The summed E-state index contributed by atoms with van der Waals surface area (Å²) in [4.78, 5) is 17.7. The van der Waals surface area contributed by atoms with Crippen LogP contribution in [0.15, 0.2) is 47.0 Å². The number of nitrogens with zero attached hydrogens (tertiary/aromatic N) is 2. The van der Waals surface area contributed by atoms with Crippen molar-refractivity contribution in [2.45, 2.75) is 13.3 Å². The van der Waals surface area contributed by atoms with Gasteiger partial charge in [-0.05, 0) is 37.3 Å². The summed E-state index contributed by atoms with van der Waals surface area (Å²) < 4.78 is 30.0. The van der Waals surface area contributed by atoms with Gasteiger partial charge in [-0.25, -0.2) is 9.37 Å². The smallest absolute Gasteiger partial charge is 0.259 e. The van der Waals surface area contributed by atoms with E-state index in [0.29, 0.717) is 63.3 Å². The van der Waals surface area contributed by atoms with Crippen molar-refractivity contribution in [3.63, 3.8) is 0 Å². The predicted octanol–water partition coefficient (Wildman–Crippen LogP) is 5.40. The Labute approximate surface area is 187 Å². The summed E-state index contributed by atoms with van der Waals surface area (Å²) in [6, 6.07) is 10.7. The number of carbonyl (C=O) groups excluding carboxylic acids is 1. The molecule has 7 nitrogen and oxygen atoms in total. The van der Waals surface area contributed by atoms with E-state index < -0.39 is 5.91 Å². The van der Waals surface area contributed by atoms with Crippen LogP contribution in [-0.2, 0) is 0 Å². The number of hydrogen-bond donors (Lipinski definition) is 1. The molecule has 1 aliphatic heterocycles. The number of carbonyl (C=O) groups is 1. The van der Waals surface area contributed by atoms with E-state index >= 15 is 0 Å². The van der Waals surface area contributed by atoms with Gasteiger partial charge in [0.05, 0.1) is 46.3 Å². The van der Waals surface area contributed by atoms with Gasteiger partial charge in [0.2, 0.25) is 0 Å². The van der Waals surface area contributed by atoms with Crippen molar-refractivity contribution in [1.29, 1.82) is 0 Å². The van der Waals surface area contributed by atoms with Crippen LogP contribution < -0.4 is 14.8 Å². The molecule has 2 aromatic carbocycles. The first kappa shape index (κ1) is 20.3. The Kier molecular flexibility index (Phi) is 5.14. The van der Waals surface area contributed by atoms with Crippen LogP contribution in [0.5, 0.6) is 11.5 Å². The number of anilines is 1. The Morgan fingerprint density at radius 3 is 2.56 bits per heavy atom. The number of benzene rings is 2. The Balaban J connectivity index is 1.55. The zero-order valence-corrected chi connectivity index (χ0v) is 17.7. The first-order chi connectivity index (χ1) is 15.5. The number of hydrogen-bond acceptors (Lipinski definition) is 6. The van der Waals surface area contributed by atoms with Crippen molar-refractivity contribution in [3.05, 3.63) is 64.6 Å². The molecule has 0 aliphatic carbocycles. The monoisotopic (exact) mass is 453 g/mol. The summed E-state index contributed by atoms with van der Waals surface area (Å²) in [6.45, 7) is 2.76. The van der Waals surface area contributed by atoms with Gasteiger partial charge in [-0.1, -0.05) is 16.8 Å². The molecule has 0 radical (unpaired) electrons. The molecule has 0 unspecified atom stereocenters. The van der Waals surface area contributed by atoms with Crippen LogP contribution in [-0.4, -0.2) is 29.3 Å². The first-order valence-electron chi connectivity index (χ1n) is 9.93. The third-order valence-corrected chi connectivity index (χ3v) is 5.40. The maximum absolute atomic E-state index is 13.3. The highest BCUT2D eigenvalue weighted by molar-refractivity contribution is 6.34. The fourth-order valence-electron chi connectivity index (χ4n) is 3.51. The zero-order valence-electron chi connectivity index (χ0n) is 16.9. The van der Waals surface area contributed by atoms with E-state index in [-0.39, 0.29) is 11.5 Å². The minimum absolute atomic E-state index is 0.208. The Morgan fingerprint density at radius 2 is 1.81 bits per heavy atom. The summed E-state index contributed by atoms with van der Waals surface area (Å²) in [7, 11) is 0. The quantitative estimate of drug-likeness (QED) is 0.446. The number of aromatic nitrogens is 2. The van der Waals surface area contributed by atoms with Gasteiger partial charge in [-0.2, -0.15) is 0 Å². The molecule has 32 heavy (non-hydrogen) atoms. The number of nitrogens with one attached hydrogen (secondary N) is 1. The minimum Gasteiger partial charge on any atom is -0.490 e. The molecule has 0 bridgehead atoms. The van der Waals surface area contributed by atoms with Crippen molar-refractivity contribution in [2.24, 2.45) is 0 Å². The van der Waals surface area contributed by atoms with Crippen LogP contribution in [0.2, 0.25) is 5.02 Å². The van der Waals surface area contributed by atoms with Crippen molar-refractivity contribution < 1.29 is 23.2 Å². The highest BCUT2D eigenvalue weighted by Crippen LogP contribution is 2.38. The molecule has 0 fully saturated rings. The van der Waals surface area contributed by atoms with Crippen LogP contribution in [0.25, 0.3) is 22.4 Å². The minimum atomic E-state index is -0.427. The number of halogens is 2. The van der Waals surface area contributed by atoms with Gasteiger partial charge in [0.1, 0.15) is 5.82 Å². The second kappa shape index (κ2) is 8.12. The molecule has 2 aromatic heterocycles. The molecule has 0 spiro atoms. The molecule has 1 amide bonds. The summed E-state index contributed by atoms with van der Waals surface area (Å²) in [6.07, 6.45) is 0.752. The number of amides is 1. The molecule has 0 saturated heterocycles. The van der Waals surface area contributed by atoms with Gasteiger partial charge in [0.15, 0.2) is 11.5 Å². The van der Waals surface area contributed by atoms with Gasteiger partial charge < -0.3 is 19.3 Å². The molecule has 0 saturated carbocycles. The topological polar surface area (TPSA) is 86.5 Å². The number of ether oxygens (including phenoxy) is 2. The Bertz CT molecular complexity index is 1340. The third kappa shape index (κ3) is 3.73. The Hall–Kier alpha value is -3.65. The van der Waals surface area contributed by atoms with Gasteiger partial charge in [0, 0.05) is 24.1 Å². The van der Waals surface area contributed by atoms with Crippen molar-refractivity contribution in [3.8, 4) is 22.8 Å². The lowest BCUT2D eigenvalue weighted by Crippen LogP contribution is -2.13. The average molecular weight is 454 g/mol. The maximum atomic E-state index is 13.3. The van der Waals surface area contributed by atoms with Gasteiger partial charge in [-0.3, -0.25) is 4.79 Å². The Morgan fingerprint density at radius 1 is 1.09 bits per heavy atom. The fourth-order valence-corrected chi connectivity index (χ4v) is 3.71. The standard InChI is InChI=1S/C23H17ClFN3O4/c1-12-21-15(9-17(27-23(21)32-28-12)13-3-5-14(25)6-4-13)22(29)26-18-11-20-19(10-16(18)24)30-7-2-8-31-20/h3-6,9-11H,2,7-8H2,1H3,(H,26,29). The molecule has 1 N–H and O–H groups in total. The first-order valence-corrected chi connectivity index (χ1v) is 10.3. The number of rotatable bonds is 3. The largest absolute Gasteiger partial charge is 0.490 e. The maximum Gasteiger partial charge on any atom is 0.259 e. The summed E-state index contributed by atoms with van der Waals surface area (Å²) in [5, 5.41) is 7.57. The summed E-state index contributed by atoms with van der Waals surface area (Å²) >= 11 is 6.39. The number of pyridine rings is 1. The zero-order chi connectivity index (χ0) is 22.2. The molecular formula is C23H17ClFN3O4. The normalized spacial score (nSPS) is 13.1. The van der Waals surface area contributed by atoms with E-state index in [0.717, 1.165) is 6.42 Å². The number of aryl methyl sites for hydroxylation is 1. The van der Waals surface area contributed by atoms with E-state index in [1.807, 2.05) is 0 Å². The second-order valence-electron chi connectivity index (χ2n) is 7.29. The van der Waals surface area contributed by atoms with E-state index in [2.05, 4.69) is 15.5 Å². The van der Waals surface area contributed by atoms with E-state index in [1.165, 1.54) is 12.1 Å². The molecule has 1 aliphatic rings. The van der Waals surface area contributed by atoms with Crippen LogP contribution >= 0.6 is 11.6 Å². The second-order valence-corrected chi connectivity index (χ2v) is 7.70. The molecule has 4 aromatic rings. The van der Waals surface area contributed by atoms with Crippen LogP contribution in [0.1, 0.15) is 22.5 Å². The lowest BCUT2D eigenvalue weighted by Gasteiger charge is -2.13. The van der Waals surface area contributed by atoms with Gasteiger partial charge in [-0.15, -0.1) is 0 Å². The predicted molar refractivity (Wildman–Crippen MR) is 117 cm³/mol. The van der Waals surface area contributed by atoms with Gasteiger partial charge >= 0.3 is 0 Å². The lowest BCUT2D eigenvalue weighted by atomic mass is 10.0.